The van der Waals surface area contributed by atoms with E-state index >= 15 is 0 Å². The van der Waals surface area contributed by atoms with Crippen molar-refractivity contribution in [2.45, 2.75) is 348 Å². The van der Waals surface area contributed by atoms with E-state index in [0.29, 0.717) is 17.4 Å². The summed E-state index contributed by atoms with van der Waals surface area (Å²) in [6.45, 7) is 6.88. The van der Waals surface area contributed by atoms with Crippen molar-refractivity contribution in [3.05, 3.63) is 24.3 Å². The molecule has 9 nitrogen and oxygen atoms in total. The van der Waals surface area contributed by atoms with Gasteiger partial charge in [-0.25, -0.2) is 0 Å². The summed E-state index contributed by atoms with van der Waals surface area (Å²) in [6.07, 6.45) is 67.3. The molecule has 0 saturated carbocycles. The first-order valence-electron chi connectivity index (χ1n) is 33.1. The molecule has 0 spiro atoms. The normalized spacial score (nSPS) is 13.7. The average molecular weight is 1090 g/mol. The van der Waals surface area contributed by atoms with Crippen molar-refractivity contribution in [1.82, 2.24) is 5.32 Å². The minimum absolute atomic E-state index is 0.0204. The smallest absolute Gasteiger partial charge is 0.306 e. The third-order valence-corrected chi connectivity index (χ3v) is 16.1. The lowest BCUT2D eigenvalue weighted by Gasteiger charge is -2.30. The van der Waals surface area contributed by atoms with Gasteiger partial charge in [0.25, 0.3) is 7.82 Å². The molecule has 3 atom stereocenters. The molecule has 0 aromatic carbocycles. The van der Waals surface area contributed by atoms with E-state index in [1.54, 1.807) is 0 Å². The number of carbonyl (C=O) groups excluding carboxylic acids is 2. The first-order chi connectivity index (χ1) is 36.9. The van der Waals surface area contributed by atoms with Crippen LogP contribution in [0.5, 0.6) is 0 Å². The van der Waals surface area contributed by atoms with Gasteiger partial charge in [-0.3, -0.25) is 14.2 Å². The zero-order chi connectivity index (χ0) is 55.7. The van der Waals surface area contributed by atoms with E-state index in [9.17, 15) is 19.0 Å². The Hall–Kier alpha value is -1.51. The number of ether oxygens (including phenoxy) is 1. The number of phosphoric ester groups is 1. The summed E-state index contributed by atoms with van der Waals surface area (Å²) < 4.78 is 30.3. The highest BCUT2D eigenvalue weighted by Gasteiger charge is 2.27. The lowest BCUT2D eigenvalue weighted by Crippen LogP contribution is -2.47. The Morgan fingerprint density at radius 2 is 0.763 bits per heavy atom. The van der Waals surface area contributed by atoms with Crippen LogP contribution in [0.25, 0.3) is 0 Å². The Morgan fingerprint density at radius 3 is 1.12 bits per heavy atom. The number of allylic oxidation sites excluding steroid dienone is 3. The Morgan fingerprint density at radius 1 is 0.447 bits per heavy atom. The molecule has 0 aromatic heterocycles. The highest BCUT2D eigenvalue weighted by molar-refractivity contribution is 7.45. The number of esters is 1. The van der Waals surface area contributed by atoms with E-state index in [1.807, 2.05) is 33.3 Å². The molecule has 0 aromatic rings. The molecule has 0 aliphatic rings. The van der Waals surface area contributed by atoms with Crippen LogP contribution in [-0.2, 0) is 27.9 Å². The number of nitrogens with zero attached hydrogens (tertiary/aromatic N) is 1. The summed E-state index contributed by atoms with van der Waals surface area (Å²) in [5.41, 5.74) is 0. The number of rotatable bonds is 61. The largest absolute Gasteiger partial charge is 0.756 e. The minimum Gasteiger partial charge on any atom is -0.756 e. The highest BCUT2D eigenvalue weighted by atomic mass is 31.2. The zero-order valence-electron chi connectivity index (χ0n) is 51.5. The summed E-state index contributed by atoms with van der Waals surface area (Å²) in [4.78, 5) is 40.0. The van der Waals surface area contributed by atoms with Gasteiger partial charge in [-0.15, -0.1) is 0 Å². The maximum atomic E-state index is 13.5. The number of nitrogens with one attached hydrogen (secondary N) is 1. The molecule has 0 heterocycles. The molecule has 0 radical (unpaired) electrons. The van der Waals surface area contributed by atoms with Gasteiger partial charge in [-0.2, -0.15) is 0 Å². The summed E-state index contributed by atoms with van der Waals surface area (Å²) >= 11 is 0. The topological polar surface area (TPSA) is 114 Å². The first kappa shape index (κ1) is 74.5. The quantitative estimate of drug-likeness (QED) is 0.0212. The molecule has 0 saturated heterocycles. The number of amides is 1. The van der Waals surface area contributed by atoms with Crippen LogP contribution in [-0.4, -0.2) is 69.4 Å². The third-order valence-electron chi connectivity index (χ3n) is 15.1. The average Bonchev–Trinajstić information content (AvgIpc) is 3.38. The second kappa shape index (κ2) is 56.8. The fourth-order valence-electron chi connectivity index (χ4n) is 9.99. The second-order valence-electron chi connectivity index (χ2n) is 24.0. The molecule has 0 aliphatic heterocycles. The van der Waals surface area contributed by atoms with Crippen molar-refractivity contribution in [3.63, 3.8) is 0 Å². The van der Waals surface area contributed by atoms with Crippen molar-refractivity contribution >= 4 is 19.7 Å². The van der Waals surface area contributed by atoms with Crippen molar-refractivity contribution in [3.8, 4) is 0 Å². The summed E-state index contributed by atoms with van der Waals surface area (Å²) in [7, 11) is 1.20. The van der Waals surface area contributed by atoms with Gasteiger partial charge < -0.3 is 28.5 Å². The van der Waals surface area contributed by atoms with Crippen LogP contribution in [0.4, 0.5) is 0 Å². The van der Waals surface area contributed by atoms with Gasteiger partial charge in [0.05, 0.1) is 33.8 Å². The number of hydrogen-bond donors (Lipinski definition) is 1. The Balaban J connectivity index is 5.07. The number of likely N-dealkylation sites (N-methyl/N-ethyl adjacent to an activating group) is 1. The number of phosphoric acid groups is 1. The van der Waals surface area contributed by atoms with Gasteiger partial charge in [0.15, 0.2) is 0 Å². The lowest BCUT2D eigenvalue weighted by atomic mass is 10.0. The summed E-state index contributed by atoms with van der Waals surface area (Å²) in [5, 5.41) is 3.03. The number of quaternary nitrogens is 1. The number of unbranched alkanes of at least 4 members (excludes halogenated alkanes) is 43. The molecule has 0 aliphatic carbocycles. The van der Waals surface area contributed by atoms with E-state index < -0.39 is 20.0 Å². The highest BCUT2D eigenvalue weighted by Crippen LogP contribution is 2.38. The second-order valence-corrected chi connectivity index (χ2v) is 25.4. The zero-order valence-corrected chi connectivity index (χ0v) is 52.4. The fraction of sp³-hybridized carbons (Fsp3) is 0.909. The van der Waals surface area contributed by atoms with Crippen LogP contribution in [0.3, 0.4) is 0 Å². The number of carbonyl (C=O) groups is 2. The van der Waals surface area contributed by atoms with E-state index in [4.69, 9.17) is 13.8 Å². The van der Waals surface area contributed by atoms with Gasteiger partial charge in [0.1, 0.15) is 19.3 Å². The molecule has 3 unspecified atom stereocenters. The van der Waals surface area contributed by atoms with Crippen molar-refractivity contribution in [2.24, 2.45) is 0 Å². The van der Waals surface area contributed by atoms with Crippen molar-refractivity contribution in [2.75, 3.05) is 40.9 Å². The van der Waals surface area contributed by atoms with Gasteiger partial charge in [0.2, 0.25) is 5.91 Å². The van der Waals surface area contributed by atoms with Gasteiger partial charge in [0, 0.05) is 12.8 Å². The van der Waals surface area contributed by atoms with E-state index in [1.165, 1.54) is 225 Å². The minimum atomic E-state index is -4.69. The van der Waals surface area contributed by atoms with Gasteiger partial charge in [-0.1, -0.05) is 289 Å². The van der Waals surface area contributed by atoms with Gasteiger partial charge in [-0.05, 0) is 57.4 Å². The third kappa shape index (κ3) is 57.2. The van der Waals surface area contributed by atoms with Crippen LogP contribution >= 0.6 is 7.82 Å². The maximum Gasteiger partial charge on any atom is 0.306 e. The maximum absolute atomic E-state index is 13.5. The predicted octanol–water partition coefficient (Wildman–Crippen LogP) is 19.9. The number of hydrogen-bond acceptors (Lipinski definition) is 7. The van der Waals surface area contributed by atoms with Crippen LogP contribution < -0.4 is 10.2 Å². The molecule has 450 valence electrons. The monoisotopic (exact) mass is 1090 g/mol. The Labute approximate surface area is 473 Å². The summed E-state index contributed by atoms with van der Waals surface area (Å²) in [5.74, 6) is -0.533. The van der Waals surface area contributed by atoms with Crippen LogP contribution in [0, 0.1) is 0 Å². The molecule has 0 rings (SSSR count). The van der Waals surface area contributed by atoms with Crippen LogP contribution in [0.1, 0.15) is 335 Å². The van der Waals surface area contributed by atoms with Crippen LogP contribution in [0.2, 0.25) is 0 Å². The Kier molecular flexibility index (Phi) is 55.6. The Bertz CT molecular complexity index is 1350. The van der Waals surface area contributed by atoms with E-state index in [-0.39, 0.29) is 31.5 Å². The lowest BCUT2D eigenvalue weighted by molar-refractivity contribution is -0.870. The van der Waals surface area contributed by atoms with Crippen LogP contribution in [0.15, 0.2) is 24.3 Å². The van der Waals surface area contributed by atoms with Gasteiger partial charge >= 0.3 is 5.97 Å². The molecular weight excluding hydrogens is 964 g/mol. The first-order valence-corrected chi connectivity index (χ1v) is 34.6. The van der Waals surface area contributed by atoms with E-state index in [2.05, 4.69) is 38.2 Å². The SMILES string of the molecule is CCCCCCCCC/C=C/CCCCCCCC(=O)NC(COP(=O)([O-])OCC[N+](C)(C)C)C(/C=C\CCCCCCCCCCC)OC(=O)CCCCCCCCCCCCCCCCCCCCCCCCC. The summed E-state index contributed by atoms with van der Waals surface area (Å²) in [6, 6.07) is -0.887. The van der Waals surface area contributed by atoms with Crippen molar-refractivity contribution in [1.29, 1.82) is 0 Å². The molecule has 0 bridgehead atoms. The predicted molar refractivity (Wildman–Crippen MR) is 326 cm³/mol. The molecule has 76 heavy (non-hydrogen) atoms. The molecule has 1 N–H and O–H groups in total. The van der Waals surface area contributed by atoms with Crippen molar-refractivity contribution < 1.29 is 37.3 Å². The molecule has 0 fully saturated rings. The molecule has 10 heteroatoms. The van der Waals surface area contributed by atoms with E-state index in [0.717, 1.165) is 77.0 Å². The molecule has 1 amide bonds. The fourth-order valence-corrected chi connectivity index (χ4v) is 10.7. The molecular formula is C66H129N2O7P. The standard InChI is InChI=1S/C66H129N2O7P/c1-7-10-13-16-19-22-25-27-29-31-32-33-34-35-36-37-39-41-44-47-50-53-56-59-66(70)75-64(57-54-51-48-45-42-24-21-18-15-12-9-3)63(62-74-76(71,72)73-61-60-68(4,5)6)67-65(69)58-55-52-49-46-43-40-38-30-28-26-23-20-17-14-11-8-2/h30,38,54,57,63-64H,7-29,31-37,39-53,55-56,58-62H2,1-6H3,(H-,67,69,71,72)/b38-30+,57-54-.